The number of rotatable bonds is 13. The van der Waals surface area contributed by atoms with Crippen molar-refractivity contribution < 1.29 is 9.53 Å². The molecule has 0 aliphatic rings. The Bertz CT molecular complexity index is 756. The van der Waals surface area contributed by atoms with Crippen LogP contribution in [0.3, 0.4) is 0 Å². The molecular weight excluding hydrogens is 466 g/mol. The predicted molar refractivity (Wildman–Crippen MR) is 128 cm³/mol. The number of unbranched alkanes of at least 4 members (excludes halogenated alkanes) is 1. The maximum Gasteiger partial charge on any atom is 0.319 e. The van der Waals surface area contributed by atoms with Crippen LogP contribution in [0.5, 0.6) is 0 Å². The Labute approximate surface area is 193 Å². The number of amides is 2. The first-order chi connectivity index (χ1) is 14.5. The van der Waals surface area contributed by atoms with Crippen LogP contribution in [0.1, 0.15) is 24.8 Å². The van der Waals surface area contributed by atoms with Crippen LogP contribution in [0.15, 0.2) is 53.0 Å². The Morgan fingerprint density at radius 3 is 2.27 bits per heavy atom. The van der Waals surface area contributed by atoms with Crippen LogP contribution in [0, 0.1) is 0 Å². The molecule has 2 amide bonds. The minimum atomic E-state index is -0.426. The molecule has 7 heteroatoms. The van der Waals surface area contributed by atoms with Crippen molar-refractivity contribution in [2.75, 3.05) is 44.8 Å². The first kappa shape index (κ1) is 24.7. The van der Waals surface area contributed by atoms with E-state index < -0.39 is 6.03 Å². The van der Waals surface area contributed by atoms with Gasteiger partial charge >= 0.3 is 6.03 Å². The average molecular weight is 497 g/mol. The molecule has 0 aromatic heterocycles. The van der Waals surface area contributed by atoms with E-state index in [0.29, 0.717) is 6.54 Å². The zero-order valence-electron chi connectivity index (χ0n) is 17.5. The maximum atomic E-state index is 11.9. The third-order valence-electron chi connectivity index (χ3n) is 4.96. The lowest BCUT2D eigenvalue weighted by molar-refractivity contribution is 0.183. The lowest BCUT2D eigenvalue weighted by atomic mass is 10.1. The number of carbonyl (C=O) groups is 1. The second-order valence-corrected chi connectivity index (χ2v) is 8.59. The summed E-state index contributed by atoms with van der Waals surface area (Å²) in [5.41, 5.74) is 7.71. The molecule has 164 valence electrons. The Kier molecular flexibility index (Phi) is 11.2. The number of hydrogen-bond acceptors (Lipinski definition) is 3. The van der Waals surface area contributed by atoms with Gasteiger partial charge in [-0.3, -0.25) is 4.90 Å². The van der Waals surface area contributed by atoms with Gasteiger partial charge in [-0.1, -0.05) is 39.7 Å². The van der Waals surface area contributed by atoms with Crippen LogP contribution >= 0.6 is 27.5 Å². The monoisotopic (exact) mass is 495 g/mol. The minimum Gasteiger partial charge on any atom is -0.385 e. The normalized spacial score (nSPS) is 11.1. The van der Waals surface area contributed by atoms with Gasteiger partial charge in [-0.15, -0.1) is 0 Å². The van der Waals surface area contributed by atoms with E-state index in [4.69, 9.17) is 22.1 Å². The van der Waals surface area contributed by atoms with Crippen LogP contribution in [0.25, 0.3) is 0 Å². The standard InChI is InChI=1S/C23H31BrClN3O2/c1-30-18-3-2-14-27(17-13-19-5-9-21(25)10-6-19)15-4-16-28(23(26)29)22-11-7-20(24)8-12-22/h5-12H,2-4,13-18H2,1H3,(H2,26,29). The molecule has 2 aromatic carbocycles. The van der Waals surface area contributed by atoms with Crippen LogP contribution in [-0.4, -0.2) is 50.8 Å². The lowest BCUT2D eigenvalue weighted by Gasteiger charge is -2.25. The Balaban J connectivity index is 1.89. The van der Waals surface area contributed by atoms with Crippen LogP contribution < -0.4 is 10.6 Å². The van der Waals surface area contributed by atoms with Gasteiger partial charge in [0, 0.05) is 42.0 Å². The van der Waals surface area contributed by atoms with E-state index in [9.17, 15) is 4.79 Å². The summed E-state index contributed by atoms with van der Waals surface area (Å²) in [5.74, 6) is 0. The fraction of sp³-hybridized carbons (Fsp3) is 0.435. The average Bonchev–Trinajstić information content (AvgIpc) is 2.73. The molecule has 0 radical (unpaired) electrons. The number of primary amides is 1. The highest BCUT2D eigenvalue weighted by molar-refractivity contribution is 9.10. The second-order valence-electron chi connectivity index (χ2n) is 7.24. The molecule has 2 N–H and O–H groups in total. The van der Waals surface area contributed by atoms with Crippen LogP contribution in [0.4, 0.5) is 10.5 Å². The molecule has 0 unspecified atom stereocenters. The molecule has 0 spiro atoms. The van der Waals surface area contributed by atoms with E-state index in [-0.39, 0.29) is 0 Å². The largest absolute Gasteiger partial charge is 0.385 e. The molecule has 0 saturated heterocycles. The molecule has 2 rings (SSSR count). The Hall–Kier alpha value is -1.60. The minimum absolute atomic E-state index is 0.426. The fourth-order valence-electron chi connectivity index (χ4n) is 3.30. The molecule has 5 nitrogen and oxygen atoms in total. The molecule has 0 saturated carbocycles. The number of ether oxygens (including phenoxy) is 1. The van der Waals surface area contributed by atoms with Crippen molar-refractivity contribution in [3.8, 4) is 0 Å². The number of nitrogens with two attached hydrogens (primary N) is 1. The number of carbonyl (C=O) groups excluding carboxylic acids is 1. The molecule has 0 fully saturated rings. The summed E-state index contributed by atoms with van der Waals surface area (Å²) < 4.78 is 6.14. The van der Waals surface area contributed by atoms with Crippen molar-refractivity contribution in [3.05, 3.63) is 63.6 Å². The SMILES string of the molecule is COCCCCN(CCCN(C(N)=O)c1ccc(Br)cc1)CCc1ccc(Cl)cc1. The third-order valence-corrected chi connectivity index (χ3v) is 5.74. The van der Waals surface area contributed by atoms with Crippen molar-refractivity contribution in [3.63, 3.8) is 0 Å². The first-order valence-corrected chi connectivity index (χ1v) is 11.4. The molecule has 0 atom stereocenters. The zero-order chi connectivity index (χ0) is 21.8. The smallest absolute Gasteiger partial charge is 0.319 e. The van der Waals surface area contributed by atoms with Gasteiger partial charge < -0.3 is 15.4 Å². The molecule has 0 bridgehead atoms. The van der Waals surface area contributed by atoms with Gasteiger partial charge in [-0.05, 0) is 80.7 Å². The predicted octanol–water partition coefficient (Wildman–Crippen LogP) is 5.35. The van der Waals surface area contributed by atoms with Crippen LogP contribution in [0.2, 0.25) is 5.02 Å². The van der Waals surface area contributed by atoms with Gasteiger partial charge in [0.25, 0.3) is 0 Å². The van der Waals surface area contributed by atoms with E-state index in [1.807, 2.05) is 36.4 Å². The van der Waals surface area contributed by atoms with Gasteiger partial charge in [0.1, 0.15) is 0 Å². The first-order valence-electron chi connectivity index (χ1n) is 10.3. The van der Waals surface area contributed by atoms with E-state index in [2.05, 4.69) is 33.0 Å². The Morgan fingerprint density at radius 1 is 0.967 bits per heavy atom. The van der Waals surface area contributed by atoms with Crippen LogP contribution in [-0.2, 0) is 11.2 Å². The summed E-state index contributed by atoms with van der Waals surface area (Å²) in [6, 6.07) is 15.2. The highest BCUT2D eigenvalue weighted by Crippen LogP contribution is 2.19. The van der Waals surface area contributed by atoms with Crippen molar-refractivity contribution in [1.29, 1.82) is 0 Å². The van der Waals surface area contributed by atoms with E-state index in [0.717, 1.165) is 67.1 Å². The van der Waals surface area contributed by atoms with Gasteiger partial charge in [0.2, 0.25) is 0 Å². The van der Waals surface area contributed by atoms with Gasteiger partial charge in [-0.2, -0.15) is 0 Å². The molecule has 2 aromatic rings. The summed E-state index contributed by atoms with van der Waals surface area (Å²) in [4.78, 5) is 16.0. The van der Waals surface area contributed by atoms with Crippen molar-refractivity contribution in [2.24, 2.45) is 5.73 Å². The molecular formula is C23H31BrClN3O2. The number of hydrogen-bond donors (Lipinski definition) is 1. The van der Waals surface area contributed by atoms with Gasteiger partial charge in [0.05, 0.1) is 0 Å². The summed E-state index contributed by atoms with van der Waals surface area (Å²) in [5, 5.41) is 0.759. The van der Waals surface area contributed by atoms with Gasteiger partial charge in [-0.25, -0.2) is 4.79 Å². The number of nitrogens with zero attached hydrogens (tertiary/aromatic N) is 2. The number of halogens is 2. The van der Waals surface area contributed by atoms with E-state index >= 15 is 0 Å². The summed E-state index contributed by atoms with van der Waals surface area (Å²) in [6.07, 6.45) is 3.94. The molecule has 0 aliphatic carbocycles. The zero-order valence-corrected chi connectivity index (χ0v) is 19.9. The second kappa shape index (κ2) is 13.7. The number of methoxy groups -OCH3 is 1. The molecule has 30 heavy (non-hydrogen) atoms. The number of anilines is 1. The molecule has 0 heterocycles. The summed E-state index contributed by atoms with van der Waals surface area (Å²) in [6.45, 7) is 4.24. The lowest BCUT2D eigenvalue weighted by Crippen LogP contribution is -2.38. The van der Waals surface area contributed by atoms with Crippen molar-refractivity contribution in [1.82, 2.24) is 4.90 Å². The third kappa shape index (κ3) is 9.04. The highest BCUT2D eigenvalue weighted by Gasteiger charge is 2.13. The molecule has 0 aliphatic heterocycles. The van der Waals surface area contributed by atoms with Crippen molar-refractivity contribution >= 4 is 39.2 Å². The highest BCUT2D eigenvalue weighted by atomic mass is 79.9. The number of benzene rings is 2. The van der Waals surface area contributed by atoms with E-state index in [1.54, 1.807) is 12.0 Å². The number of urea groups is 1. The Morgan fingerprint density at radius 2 is 1.63 bits per heavy atom. The summed E-state index contributed by atoms with van der Waals surface area (Å²) >= 11 is 9.41. The fourth-order valence-corrected chi connectivity index (χ4v) is 3.69. The van der Waals surface area contributed by atoms with Gasteiger partial charge in [0.15, 0.2) is 0 Å². The quantitative estimate of drug-likeness (QED) is 0.380. The van der Waals surface area contributed by atoms with Crippen molar-refractivity contribution in [2.45, 2.75) is 25.7 Å². The topological polar surface area (TPSA) is 58.8 Å². The maximum absolute atomic E-state index is 11.9. The summed E-state index contributed by atoms with van der Waals surface area (Å²) in [7, 11) is 1.73. The van der Waals surface area contributed by atoms with E-state index in [1.165, 1.54) is 5.56 Å².